The van der Waals surface area contributed by atoms with Crippen molar-refractivity contribution < 1.29 is 14.3 Å². The maximum atomic E-state index is 13.0. The van der Waals surface area contributed by atoms with E-state index in [1.807, 2.05) is 23.1 Å². The van der Waals surface area contributed by atoms with Gasteiger partial charge in [0.15, 0.2) is 11.5 Å². The Hall–Kier alpha value is -2.24. The Balaban J connectivity index is 1.48. The molecule has 2 aromatic carbocycles. The monoisotopic (exact) mass is 414 g/mol. The van der Waals surface area contributed by atoms with E-state index in [1.54, 1.807) is 20.3 Å². The lowest BCUT2D eigenvalue weighted by atomic mass is 9.95. The van der Waals surface area contributed by atoms with Crippen molar-refractivity contribution >= 4 is 17.5 Å². The van der Waals surface area contributed by atoms with Crippen molar-refractivity contribution in [3.05, 3.63) is 58.1 Å². The number of rotatable bonds is 4. The number of benzene rings is 2. The van der Waals surface area contributed by atoms with Crippen LogP contribution in [0, 0.1) is 0 Å². The van der Waals surface area contributed by atoms with Gasteiger partial charge in [-0.05, 0) is 54.7 Å². The number of amides is 1. The Morgan fingerprint density at radius 3 is 2.52 bits per heavy atom. The second kappa shape index (κ2) is 8.64. The zero-order valence-corrected chi connectivity index (χ0v) is 17.7. The molecule has 1 unspecified atom stereocenters. The zero-order valence-electron chi connectivity index (χ0n) is 17.0. The van der Waals surface area contributed by atoms with Gasteiger partial charge in [-0.2, -0.15) is 0 Å². The number of ether oxygens (including phenoxy) is 2. The molecule has 5 nitrogen and oxygen atoms in total. The highest BCUT2D eigenvalue weighted by Crippen LogP contribution is 2.34. The van der Waals surface area contributed by atoms with Crippen LogP contribution in [-0.4, -0.2) is 55.6 Å². The first kappa shape index (κ1) is 20.0. The molecule has 2 aliphatic heterocycles. The standard InChI is InChI=1S/C23H27ClN2O3/c1-28-21-12-16-9-11-25(14-17(16)13-22(21)29-2)18-6-5-10-26(15-18)23(27)19-7-3-4-8-20(19)24/h3-4,7-8,12-13,18H,5-6,9-11,14-15H2,1-2H3. The summed E-state index contributed by atoms with van der Waals surface area (Å²) >= 11 is 6.25. The fraction of sp³-hybridized carbons (Fsp3) is 0.435. The number of carbonyl (C=O) groups excluding carboxylic acids is 1. The SMILES string of the molecule is COc1cc2c(cc1OC)CN(C1CCCN(C(=O)c3ccccc3Cl)C1)CC2. The molecule has 0 aromatic heterocycles. The molecule has 0 radical (unpaired) electrons. The molecular formula is C23H27ClN2O3. The van der Waals surface area contributed by atoms with Gasteiger partial charge in [-0.25, -0.2) is 0 Å². The number of nitrogens with zero attached hydrogens (tertiary/aromatic N) is 2. The molecule has 2 heterocycles. The minimum atomic E-state index is 0.0316. The number of carbonyl (C=O) groups is 1. The molecule has 1 fully saturated rings. The fourth-order valence-electron chi connectivity index (χ4n) is 4.46. The number of likely N-dealkylation sites (tertiary alicyclic amines) is 1. The van der Waals surface area contributed by atoms with Crippen LogP contribution in [0.2, 0.25) is 5.02 Å². The van der Waals surface area contributed by atoms with E-state index in [9.17, 15) is 4.79 Å². The summed E-state index contributed by atoms with van der Waals surface area (Å²) in [4.78, 5) is 17.5. The molecule has 4 rings (SSSR count). The van der Waals surface area contributed by atoms with Gasteiger partial charge in [0.1, 0.15) is 0 Å². The summed E-state index contributed by atoms with van der Waals surface area (Å²) in [7, 11) is 3.34. The van der Waals surface area contributed by atoms with Crippen LogP contribution in [0.4, 0.5) is 0 Å². The molecule has 0 N–H and O–H groups in total. The minimum absolute atomic E-state index is 0.0316. The van der Waals surface area contributed by atoms with Gasteiger partial charge in [-0.1, -0.05) is 23.7 Å². The van der Waals surface area contributed by atoms with Crippen LogP contribution in [0.5, 0.6) is 11.5 Å². The van der Waals surface area contributed by atoms with Crippen LogP contribution in [0.1, 0.15) is 34.3 Å². The molecule has 1 amide bonds. The highest BCUT2D eigenvalue weighted by Gasteiger charge is 2.31. The third kappa shape index (κ3) is 4.07. The maximum absolute atomic E-state index is 13.0. The second-order valence-electron chi connectivity index (χ2n) is 7.72. The Morgan fingerprint density at radius 2 is 1.79 bits per heavy atom. The molecule has 1 atom stereocenters. The molecule has 6 heteroatoms. The van der Waals surface area contributed by atoms with Crippen LogP contribution >= 0.6 is 11.6 Å². The average molecular weight is 415 g/mol. The molecule has 1 saturated heterocycles. The Morgan fingerprint density at radius 1 is 1.07 bits per heavy atom. The van der Waals surface area contributed by atoms with Crippen LogP contribution < -0.4 is 9.47 Å². The van der Waals surface area contributed by atoms with Gasteiger partial charge in [0.2, 0.25) is 0 Å². The lowest BCUT2D eigenvalue weighted by Gasteiger charge is -2.41. The van der Waals surface area contributed by atoms with Crippen LogP contribution in [0.3, 0.4) is 0 Å². The summed E-state index contributed by atoms with van der Waals surface area (Å²) in [6, 6.07) is 11.9. The highest BCUT2D eigenvalue weighted by molar-refractivity contribution is 6.33. The normalized spacial score (nSPS) is 19.6. The van der Waals surface area contributed by atoms with E-state index >= 15 is 0 Å². The minimum Gasteiger partial charge on any atom is -0.493 e. The summed E-state index contributed by atoms with van der Waals surface area (Å²) in [5.74, 6) is 1.59. The Bertz CT molecular complexity index is 902. The maximum Gasteiger partial charge on any atom is 0.255 e. The van der Waals surface area contributed by atoms with Crippen molar-refractivity contribution in [2.45, 2.75) is 31.8 Å². The zero-order chi connectivity index (χ0) is 20.4. The van der Waals surface area contributed by atoms with Gasteiger partial charge in [0.05, 0.1) is 24.8 Å². The molecule has 2 aliphatic rings. The van der Waals surface area contributed by atoms with E-state index in [-0.39, 0.29) is 5.91 Å². The Labute approximate surface area is 177 Å². The van der Waals surface area contributed by atoms with Gasteiger partial charge in [-0.3, -0.25) is 9.69 Å². The van der Waals surface area contributed by atoms with Gasteiger partial charge < -0.3 is 14.4 Å². The van der Waals surface area contributed by atoms with E-state index in [0.717, 1.165) is 56.9 Å². The third-order valence-electron chi connectivity index (χ3n) is 6.05. The summed E-state index contributed by atoms with van der Waals surface area (Å²) in [6.07, 6.45) is 3.09. The molecule has 0 aliphatic carbocycles. The van der Waals surface area contributed by atoms with Gasteiger partial charge in [-0.15, -0.1) is 0 Å². The quantitative estimate of drug-likeness (QED) is 0.757. The van der Waals surface area contributed by atoms with Crippen molar-refractivity contribution in [2.24, 2.45) is 0 Å². The van der Waals surface area contributed by atoms with Gasteiger partial charge in [0.25, 0.3) is 5.91 Å². The molecule has 0 saturated carbocycles. The smallest absolute Gasteiger partial charge is 0.255 e. The average Bonchev–Trinajstić information content (AvgIpc) is 2.77. The second-order valence-corrected chi connectivity index (χ2v) is 8.13. The largest absolute Gasteiger partial charge is 0.493 e. The van der Waals surface area contributed by atoms with Crippen molar-refractivity contribution in [3.63, 3.8) is 0 Å². The van der Waals surface area contributed by atoms with Gasteiger partial charge in [0, 0.05) is 32.2 Å². The molecule has 0 bridgehead atoms. The Kier molecular flexibility index (Phi) is 5.97. The first-order valence-corrected chi connectivity index (χ1v) is 10.5. The summed E-state index contributed by atoms with van der Waals surface area (Å²) < 4.78 is 10.9. The predicted molar refractivity (Wildman–Crippen MR) is 114 cm³/mol. The van der Waals surface area contributed by atoms with Crippen LogP contribution in [0.15, 0.2) is 36.4 Å². The van der Waals surface area contributed by atoms with E-state index in [1.165, 1.54) is 11.1 Å². The van der Waals surface area contributed by atoms with E-state index in [0.29, 0.717) is 16.6 Å². The molecular weight excluding hydrogens is 388 g/mol. The number of piperidine rings is 1. The summed E-state index contributed by atoms with van der Waals surface area (Å²) in [6.45, 7) is 3.39. The number of fused-ring (bicyclic) bond motifs is 1. The number of methoxy groups -OCH3 is 2. The topological polar surface area (TPSA) is 42.0 Å². The van der Waals surface area contributed by atoms with E-state index in [2.05, 4.69) is 17.0 Å². The van der Waals surface area contributed by atoms with Crippen molar-refractivity contribution in [1.29, 1.82) is 0 Å². The first-order valence-electron chi connectivity index (χ1n) is 10.1. The third-order valence-corrected chi connectivity index (χ3v) is 6.38. The molecule has 154 valence electrons. The predicted octanol–water partition coefficient (Wildman–Crippen LogP) is 4.02. The number of hydrogen-bond donors (Lipinski definition) is 0. The highest BCUT2D eigenvalue weighted by atomic mass is 35.5. The van der Waals surface area contributed by atoms with E-state index in [4.69, 9.17) is 21.1 Å². The van der Waals surface area contributed by atoms with Crippen molar-refractivity contribution in [3.8, 4) is 11.5 Å². The number of halogens is 1. The number of hydrogen-bond acceptors (Lipinski definition) is 4. The van der Waals surface area contributed by atoms with Gasteiger partial charge >= 0.3 is 0 Å². The molecule has 29 heavy (non-hydrogen) atoms. The lowest BCUT2D eigenvalue weighted by Crippen LogP contribution is -2.51. The van der Waals surface area contributed by atoms with Crippen LogP contribution in [0.25, 0.3) is 0 Å². The first-order chi connectivity index (χ1) is 14.1. The van der Waals surface area contributed by atoms with E-state index < -0.39 is 0 Å². The van der Waals surface area contributed by atoms with Crippen molar-refractivity contribution in [1.82, 2.24) is 9.80 Å². The molecule has 2 aromatic rings. The fourth-order valence-corrected chi connectivity index (χ4v) is 4.68. The summed E-state index contributed by atoms with van der Waals surface area (Å²) in [5.41, 5.74) is 3.19. The lowest BCUT2D eigenvalue weighted by molar-refractivity contribution is 0.0549. The molecule has 0 spiro atoms. The summed E-state index contributed by atoms with van der Waals surface area (Å²) in [5, 5.41) is 0.521. The van der Waals surface area contributed by atoms with Crippen LogP contribution in [-0.2, 0) is 13.0 Å². The van der Waals surface area contributed by atoms with Crippen molar-refractivity contribution in [2.75, 3.05) is 33.9 Å².